The predicted molar refractivity (Wildman–Crippen MR) is 144 cm³/mol. The number of fused-ring (bicyclic) bond motifs is 1. The van der Waals surface area contributed by atoms with Crippen LogP contribution in [0.2, 0.25) is 0 Å². The molecular formula is C27H22BrN3O2S. The number of methoxy groups -OCH3 is 1. The second-order valence-electron chi connectivity index (χ2n) is 7.91. The summed E-state index contributed by atoms with van der Waals surface area (Å²) in [5, 5.41) is 4.57. The normalized spacial score (nSPS) is 15.9. The Morgan fingerprint density at radius 1 is 1.06 bits per heavy atom. The maximum atomic E-state index is 12.7. The monoisotopic (exact) mass is 531 g/mol. The zero-order valence-electron chi connectivity index (χ0n) is 18.7. The maximum Gasteiger partial charge on any atom is 0.264 e. The van der Waals surface area contributed by atoms with Crippen LogP contribution in [-0.4, -0.2) is 22.8 Å². The van der Waals surface area contributed by atoms with Gasteiger partial charge in [-0.25, -0.2) is 4.99 Å². The molecule has 1 N–H and O–H groups in total. The summed E-state index contributed by atoms with van der Waals surface area (Å²) in [6.45, 7) is 2.86. The van der Waals surface area contributed by atoms with Gasteiger partial charge in [-0.2, -0.15) is 0 Å². The van der Waals surface area contributed by atoms with Crippen LogP contribution in [0.1, 0.15) is 16.8 Å². The Balaban J connectivity index is 1.48. The van der Waals surface area contributed by atoms with Crippen LogP contribution in [0.15, 0.2) is 87.2 Å². The third kappa shape index (κ3) is 4.54. The number of amidine groups is 1. The second kappa shape index (κ2) is 9.52. The van der Waals surface area contributed by atoms with E-state index in [0.29, 0.717) is 10.1 Å². The topological polar surface area (TPSA) is 55.6 Å². The number of nitrogens with one attached hydrogen (secondary N) is 1. The summed E-state index contributed by atoms with van der Waals surface area (Å²) in [4.78, 5) is 17.9. The molecule has 0 unspecified atom stereocenters. The predicted octanol–water partition coefficient (Wildman–Crippen LogP) is 6.66. The van der Waals surface area contributed by atoms with Gasteiger partial charge in [0.05, 0.1) is 17.7 Å². The van der Waals surface area contributed by atoms with E-state index in [-0.39, 0.29) is 5.91 Å². The number of ether oxygens (including phenoxy) is 1. The van der Waals surface area contributed by atoms with Crippen molar-refractivity contribution in [3.8, 4) is 5.75 Å². The molecule has 0 atom stereocenters. The maximum absolute atomic E-state index is 12.7. The molecule has 1 amide bonds. The van der Waals surface area contributed by atoms with Crippen LogP contribution < -0.4 is 10.1 Å². The lowest BCUT2D eigenvalue weighted by Gasteiger charge is -2.09. The number of amides is 1. The van der Waals surface area contributed by atoms with E-state index in [4.69, 9.17) is 4.74 Å². The van der Waals surface area contributed by atoms with E-state index in [1.54, 1.807) is 7.11 Å². The first kappa shape index (κ1) is 22.5. The number of halogens is 1. The number of benzene rings is 3. The summed E-state index contributed by atoms with van der Waals surface area (Å²) in [6.07, 6.45) is 1.98. The largest absolute Gasteiger partial charge is 0.497 e. The van der Waals surface area contributed by atoms with E-state index in [1.165, 1.54) is 17.3 Å². The first-order valence-corrected chi connectivity index (χ1v) is 12.4. The molecule has 0 saturated carbocycles. The van der Waals surface area contributed by atoms with E-state index in [9.17, 15) is 4.79 Å². The molecule has 170 valence electrons. The first-order chi connectivity index (χ1) is 16.5. The number of carbonyl (C=O) groups is 1. The van der Waals surface area contributed by atoms with Crippen molar-refractivity contribution in [2.24, 2.45) is 4.99 Å². The number of rotatable bonds is 5. The minimum atomic E-state index is -0.138. The molecular weight excluding hydrogens is 510 g/mol. The molecule has 5 rings (SSSR count). The van der Waals surface area contributed by atoms with Crippen molar-refractivity contribution in [3.05, 3.63) is 99.0 Å². The molecule has 1 aliphatic rings. The number of thioether (sulfide) groups is 1. The highest BCUT2D eigenvalue weighted by atomic mass is 79.9. The molecule has 2 heterocycles. The molecule has 1 fully saturated rings. The van der Waals surface area contributed by atoms with Gasteiger partial charge in [0.25, 0.3) is 5.91 Å². The zero-order valence-corrected chi connectivity index (χ0v) is 21.1. The van der Waals surface area contributed by atoms with Gasteiger partial charge in [-0.05, 0) is 72.8 Å². The average Bonchev–Trinajstić information content (AvgIpc) is 3.32. The molecule has 7 heteroatoms. The number of carbonyl (C=O) groups excluding carboxylic acids is 1. The van der Waals surface area contributed by atoms with Crippen molar-refractivity contribution in [2.45, 2.75) is 13.5 Å². The summed E-state index contributed by atoms with van der Waals surface area (Å²) >= 11 is 4.86. The Hall–Kier alpha value is -3.29. The van der Waals surface area contributed by atoms with Gasteiger partial charge >= 0.3 is 0 Å². The molecule has 1 saturated heterocycles. The number of para-hydroxylation sites is 1. The van der Waals surface area contributed by atoms with Gasteiger partial charge in [0, 0.05) is 33.2 Å². The summed E-state index contributed by atoms with van der Waals surface area (Å²) in [5.41, 5.74) is 5.28. The summed E-state index contributed by atoms with van der Waals surface area (Å²) in [5.74, 6) is 0.629. The highest BCUT2D eigenvalue weighted by Crippen LogP contribution is 2.33. The fraction of sp³-hybridized carbons (Fsp3) is 0.111. The molecule has 0 bridgehead atoms. The van der Waals surface area contributed by atoms with Crippen LogP contribution >= 0.6 is 27.7 Å². The number of hydrogen-bond acceptors (Lipinski definition) is 4. The lowest BCUT2D eigenvalue weighted by atomic mass is 10.1. The lowest BCUT2D eigenvalue weighted by molar-refractivity contribution is -0.115. The Morgan fingerprint density at radius 3 is 2.53 bits per heavy atom. The minimum Gasteiger partial charge on any atom is -0.497 e. The van der Waals surface area contributed by atoms with Crippen LogP contribution in [0, 0.1) is 6.92 Å². The number of hydrogen-bond donors (Lipinski definition) is 1. The van der Waals surface area contributed by atoms with Gasteiger partial charge in [-0.1, -0.05) is 46.3 Å². The number of aliphatic imine (C=N–C) groups is 1. The van der Waals surface area contributed by atoms with E-state index < -0.39 is 0 Å². The highest BCUT2D eigenvalue weighted by molar-refractivity contribution is 9.10. The van der Waals surface area contributed by atoms with Crippen molar-refractivity contribution in [1.82, 2.24) is 9.88 Å². The zero-order chi connectivity index (χ0) is 23.7. The van der Waals surface area contributed by atoms with Gasteiger partial charge in [0.1, 0.15) is 5.75 Å². The fourth-order valence-corrected chi connectivity index (χ4v) is 5.09. The third-order valence-electron chi connectivity index (χ3n) is 5.76. The second-order valence-corrected chi connectivity index (χ2v) is 9.85. The molecule has 0 radical (unpaired) electrons. The summed E-state index contributed by atoms with van der Waals surface area (Å²) in [7, 11) is 1.63. The van der Waals surface area contributed by atoms with E-state index in [1.807, 2.05) is 42.5 Å². The Morgan fingerprint density at radius 2 is 1.79 bits per heavy atom. The highest BCUT2D eigenvalue weighted by Gasteiger charge is 2.25. The first-order valence-electron chi connectivity index (χ1n) is 10.8. The summed E-state index contributed by atoms with van der Waals surface area (Å²) < 4.78 is 8.56. The van der Waals surface area contributed by atoms with Crippen molar-refractivity contribution in [2.75, 3.05) is 7.11 Å². The molecule has 4 aromatic rings. The van der Waals surface area contributed by atoms with Crippen LogP contribution in [0.5, 0.6) is 5.75 Å². The van der Waals surface area contributed by atoms with Crippen molar-refractivity contribution >= 4 is 61.4 Å². The van der Waals surface area contributed by atoms with Crippen molar-refractivity contribution in [1.29, 1.82) is 0 Å². The molecule has 3 aromatic carbocycles. The number of nitrogens with zero attached hydrogens (tertiary/aromatic N) is 2. The molecule has 0 aliphatic carbocycles. The van der Waals surface area contributed by atoms with Crippen LogP contribution in [0.4, 0.5) is 5.69 Å². The Kier molecular flexibility index (Phi) is 6.30. The molecule has 5 nitrogen and oxygen atoms in total. The smallest absolute Gasteiger partial charge is 0.264 e. The van der Waals surface area contributed by atoms with Gasteiger partial charge in [-0.15, -0.1) is 0 Å². The molecule has 1 aromatic heterocycles. The van der Waals surface area contributed by atoms with E-state index in [2.05, 4.69) is 74.1 Å². The molecule has 1 aliphatic heterocycles. The van der Waals surface area contributed by atoms with Crippen LogP contribution in [-0.2, 0) is 11.3 Å². The van der Waals surface area contributed by atoms with E-state index >= 15 is 0 Å². The van der Waals surface area contributed by atoms with Gasteiger partial charge < -0.3 is 14.6 Å². The third-order valence-corrected chi connectivity index (χ3v) is 7.20. The van der Waals surface area contributed by atoms with Crippen molar-refractivity contribution in [3.63, 3.8) is 0 Å². The fourth-order valence-electron chi connectivity index (χ4n) is 4.00. The lowest BCUT2D eigenvalue weighted by Crippen LogP contribution is -2.19. The van der Waals surface area contributed by atoms with Crippen LogP contribution in [0.25, 0.3) is 17.0 Å². The van der Waals surface area contributed by atoms with Gasteiger partial charge in [0.15, 0.2) is 5.17 Å². The Bertz CT molecular complexity index is 1440. The SMILES string of the molecule is COc1ccc(N=C2NC(=O)/C(=C\c3c(C)n(Cc4ccc(Br)cc4)c4ccccc34)S2)cc1. The van der Waals surface area contributed by atoms with Gasteiger partial charge in [0.2, 0.25) is 0 Å². The van der Waals surface area contributed by atoms with Crippen molar-refractivity contribution < 1.29 is 9.53 Å². The van der Waals surface area contributed by atoms with Gasteiger partial charge in [-0.3, -0.25) is 4.79 Å². The molecule has 34 heavy (non-hydrogen) atoms. The average molecular weight is 532 g/mol. The quantitative estimate of drug-likeness (QED) is 0.293. The standard InChI is InChI=1S/C27H22BrN3O2S/c1-17-23(15-25-26(32)30-27(34-25)29-20-11-13-21(33-2)14-12-20)22-5-3-4-6-24(22)31(17)16-18-7-9-19(28)10-8-18/h3-15H,16H2,1-2H3,(H,29,30,32)/b25-15+. The van der Waals surface area contributed by atoms with Crippen LogP contribution in [0.3, 0.4) is 0 Å². The van der Waals surface area contributed by atoms with E-state index in [0.717, 1.165) is 44.6 Å². The summed E-state index contributed by atoms with van der Waals surface area (Å²) in [6, 6.07) is 24.1. The Labute approximate surface area is 210 Å². The molecule has 0 spiro atoms. The number of aromatic nitrogens is 1. The minimum absolute atomic E-state index is 0.138.